The lowest BCUT2D eigenvalue weighted by Gasteiger charge is -1.94. The molecule has 0 saturated heterocycles. The number of aliphatic imine (C=N–C) groups is 1. The zero-order valence-corrected chi connectivity index (χ0v) is 4.48. The second kappa shape index (κ2) is 2.02. The van der Waals surface area contributed by atoms with E-state index in [1.165, 1.54) is 0 Å². The summed E-state index contributed by atoms with van der Waals surface area (Å²) in [6, 6.07) is 0. The van der Waals surface area contributed by atoms with Crippen molar-refractivity contribution in [2.45, 2.75) is 0 Å². The van der Waals surface area contributed by atoms with Crippen molar-refractivity contribution in [3.63, 3.8) is 0 Å². The summed E-state index contributed by atoms with van der Waals surface area (Å²) in [6.07, 6.45) is 1.58. The van der Waals surface area contributed by atoms with Gasteiger partial charge in [-0.2, -0.15) is 0 Å². The van der Waals surface area contributed by atoms with Crippen LogP contribution < -0.4 is 0 Å². The molecule has 0 spiro atoms. The summed E-state index contributed by atoms with van der Waals surface area (Å²) in [4.78, 5) is 3.68. The van der Waals surface area contributed by atoms with Crippen molar-refractivity contribution < 1.29 is 5.11 Å². The minimum Gasteiger partial charge on any atom is -0.493 e. The molecule has 0 unspecified atom stereocenters. The van der Waals surface area contributed by atoms with E-state index in [9.17, 15) is 0 Å². The lowest BCUT2D eigenvalue weighted by Crippen LogP contribution is -1.93. The van der Waals surface area contributed by atoms with E-state index in [0.717, 1.165) is 0 Å². The van der Waals surface area contributed by atoms with Gasteiger partial charge in [-0.25, -0.2) is 4.99 Å². The predicted molar refractivity (Wildman–Crippen MR) is 31.7 cm³/mol. The number of aliphatic hydroxyl groups excluding tert-OH is 1. The summed E-state index contributed by atoms with van der Waals surface area (Å²) in [6.45, 7) is 0. The summed E-state index contributed by atoms with van der Waals surface area (Å²) in [7, 11) is 0. The molecule has 1 rings (SSSR count). The summed E-state index contributed by atoms with van der Waals surface area (Å²) in [5.74, 6) is 0.793. The van der Waals surface area contributed by atoms with Crippen LogP contribution in [0.25, 0.3) is 0 Å². The molecule has 1 aliphatic rings. The first-order valence-electron chi connectivity index (χ1n) is 1.91. The van der Waals surface area contributed by atoms with Crippen LogP contribution in [0, 0.1) is 0 Å². The Hall–Kier alpha value is -0.440. The maximum absolute atomic E-state index is 8.56. The summed E-state index contributed by atoms with van der Waals surface area (Å²) >= 11 is 1.57. The molecule has 1 N–H and O–H groups in total. The van der Waals surface area contributed by atoms with Gasteiger partial charge >= 0.3 is 0 Å². The fourth-order valence-corrected chi connectivity index (χ4v) is 0.819. The highest BCUT2D eigenvalue weighted by atomic mass is 32.2. The summed E-state index contributed by atoms with van der Waals surface area (Å²) < 4.78 is 0. The van der Waals surface area contributed by atoms with Crippen molar-refractivity contribution in [1.82, 2.24) is 0 Å². The van der Waals surface area contributed by atoms with Crippen LogP contribution in [0.1, 0.15) is 0 Å². The molecule has 7 heavy (non-hydrogen) atoms. The van der Waals surface area contributed by atoms with Gasteiger partial charge in [0.05, 0.1) is 5.88 Å². The molecule has 0 atom stereocenters. The smallest absolute Gasteiger partial charge is 0.207 e. The van der Waals surface area contributed by atoms with Crippen LogP contribution in [0.2, 0.25) is 0 Å². The maximum Gasteiger partial charge on any atom is 0.207 e. The third-order valence-corrected chi connectivity index (χ3v) is 1.22. The van der Waals surface area contributed by atoms with Gasteiger partial charge in [0.1, 0.15) is 0 Å². The molecule has 0 aromatic carbocycles. The van der Waals surface area contributed by atoms with Crippen molar-refractivity contribution >= 4 is 17.7 Å². The van der Waals surface area contributed by atoms with E-state index < -0.39 is 0 Å². The van der Waals surface area contributed by atoms with Crippen LogP contribution in [-0.2, 0) is 0 Å². The van der Waals surface area contributed by atoms with Gasteiger partial charge in [0, 0.05) is 6.08 Å². The van der Waals surface area contributed by atoms with Crippen LogP contribution in [0.3, 0.4) is 0 Å². The van der Waals surface area contributed by atoms with E-state index in [1.807, 2.05) is 5.41 Å². The Kier molecular flexibility index (Phi) is 1.36. The third kappa shape index (κ3) is 1.23. The quantitative estimate of drug-likeness (QED) is 0.514. The topological polar surface area (TPSA) is 32.6 Å². The molecule has 0 saturated carbocycles. The van der Waals surface area contributed by atoms with Crippen LogP contribution in [0.15, 0.2) is 16.5 Å². The number of aliphatic hydroxyl groups is 1. The van der Waals surface area contributed by atoms with Gasteiger partial charge in [0.25, 0.3) is 0 Å². The fraction of sp³-hybridized carbons (Fsp3) is 0.250. The molecule has 0 amide bonds. The zero-order chi connectivity index (χ0) is 5.11. The Labute approximate surface area is 46.0 Å². The molecule has 38 valence electrons. The van der Waals surface area contributed by atoms with Crippen LogP contribution in [0.4, 0.5) is 0 Å². The Morgan fingerprint density at radius 1 is 1.86 bits per heavy atom. The van der Waals surface area contributed by atoms with E-state index in [0.29, 0.717) is 5.88 Å². The van der Waals surface area contributed by atoms with Crippen molar-refractivity contribution in [1.29, 1.82) is 0 Å². The SMILES string of the molecule is OC1=NCSC=C1. The first-order valence-corrected chi connectivity index (χ1v) is 2.96. The predicted octanol–water partition coefficient (Wildman–Crippen LogP) is 1.16. The molecule has 0 fully saturated rings. The first-order chi connectivity index (χ1) is 3.39. The Balaban J connectivity index is 2.58. The molecule has 0 aliphatic carbocycles. The highest BCUT2D eigenvalue weighted by molar-refractivity contribution is 8.02. The summed E-state index contributed by atoms with van der Waals surface area (Å²) in [5.41, 5.74) is 0. The molecule has 0 aromatic rings. The molecular formula is C4H5NOS. The van der Waals surface area contributed by atoms with Crippen LogP contribution >= 0.6 is 11.8 Å². The number of rotatable bonds is 0. The first kappa shape index (κ1) is 4.71. The standard InChI is InChI=1S/C4H5NOS/c6-4-1-2-7-3-5-4/h1-2H,3H2,(H,5,6). The number of hydrogen-bond acceptors (Lipinski definition) is 2. The van der Waals surface area contributed by atoms with Crippen molar-refractivity contribution in [2.24, 2.45) is 4.99 Å². The number of hydrogen-bond donors (Lipinski definition) is 1. The highest BCUT2D eigenvalue weighted by Crippen LogP contribution is 2.06. The van der Waals surface area contributed by atoms with E-state index in [4.69, 9.17) is 5.11 Å². The number of thioether (sulfide) groups is 1. The van der Waals surface area contributed by atoms with E-state index in [1.54, 1.807) is 17.8 Å². The molecule has 0 radical (unpaired) electrons. The van der Waals surface area contributed by atoms with Gasteiger partial charge < -0.3 is 5.11 Å². The monoisotopic (exact) mass is 115 g/mol. The van der Waals surface area contributed by atoms with Gasteiger partial charge in [-0.1, -0.05) is 0 Å². The lowest BCUT2D eigenvalue weighted by molar-refractivity contribution is 0.556. The molecule has 1 aliphatic heterocycles. The normalized spacial score (nSPS) is 19.1. The fourth-order valence-electron chi connectivity index (χ4n) is 0.308. The third-order valence-electron chi connectivity index (χ3n) is 0.614. The number of nitrogens with zero attached hydrogens (tertiary/aromatic N) is 1. The lowest BCUT2D eigenvalue weighted by atomic mass is 10.6. The minimum absolute atomic E-state index is 0.138. The molecule has 2 nitrogen and oxygen atoms in total. The molecule has 1 heterocycles. The molecular weight excluding hydrogens is 110 g/mol. The second-order valence-corrected chi connectivity index (χ2v) is 1.98. The molecule has 3 heteroatoms. The Morgan fingerprint density at radius 2 is 2.71 bits per heavy atom. The van der Waals surface area contributed by atoms with Crippen molar-refractivity contribution in [3.8, 4) is 0 Å². The highest BCUT2D eigenvalue weighted by Gasteiger charge is 1.90. The summed E-state index contributed by atoms with van der Waals surface area (Å²) in [5, 5.41) is 10.4. The van der Waals surface area contributed by atoms with Gasteiger partial charge in [0.2, 0.25) is 5.90 Å². The van der Waals surface area contributed by atoms with Gasteiger partial charge in [-0.05, 0) is 5.41 Å². The van der Waals surface area contributed by atoms with Gasteiger partial charge in [-0.15, -0.1) is 11.8 Å². The van der Waals surface area contributed by atoms with E-state index >= 15 is 0 Å². The molecule has 0 aromatic heterocycles. The average Bonchev–Trinajstić information content (AvgIpc) is 1.69. The van der Waals surface area contributed by atoms with Crippen LogP contribution in [0.5, 0.6) is 0 Å². The second-order valence-electron chi connectivity index (χ2n) is 1.11. The Morgan fingerprint density at radius 3 is 3.00 bits per heavy atom. The van der Waals surface area contributed by atoms with Crippen molar-refractivity contribution in [3.05, 3.63) is 11.5 Å². The van der Waals surface area contributed by atoms with Crippen molar-refractivity contribution in [2.75, 3.05) is 5.88 Å². The minimum atomic E-state index is 0.138. The van der Waals surface area contributed by atoms with E-state index in [-0.39, 0.29) is 5.90 Å². The van der Waals surface area contributed by atoms with E-state index in [2.05, 4.69) is 4.99 Å². The van der Waals surface area contributed by atoms with Gasteiger partial charge in [-0.3, -0.25) is 0 Å². The largest absolute Gasteiger partial charge is 0.493 e. The molecule has 0 bridgehead atoms. The van der Waals surface area contributed by atoms with Gasteiger partial charge in [0.15, 0.2) is 0 Å². The maximum atomic E-state index is 8.56. The zero-order valence-electron chi connectivity index (χ0n) is 3.66. The average molecular weight is 115 g/mol. The Bertz CT molecular complexity index is 119. The van der Waals surface area contributed by atoms with Crippen LogP contribution in [-0.4, -0.2) is 16.9 Å².